The third-order valence-corrected chi connectivity index (χ3v) is 5.88. The van der Waals surface area contributed by atoms with Gasteiger partial charge in [-0.15, -0.1) is 0 Å². The molecule has 0 bridgehead atoms. The Bertz CT molecular complexity index is 1050. The topological polar surface area (TPSA) is 50.3 Å². The number of aryl methyl sites for hydroxylation is 2. The van der Waals surface area contributed by atoms with Crippen molar-refractivity contribution in [3.8, 4) is 17.0 Å². The molecule has 5 rings (SSSR count). The summed E-state index contributed by atoms with van der Waals surface area (Å²) < 4.78 is 5.88. The van der Waals surface area contributed by atoms with E-state index in [1.54, 1.807) is 0 Å². The van der Waals surface area contributed by atoms with Crippen LogP contribution in [0.4, 0.5) is 11.5 Å². The maximum atomic E-state index is 5.88. The van der Waals surface area contributed by atoms with Crippen LogP contribution in [0, 0.1) is 6.92 Å². The van der Waals surface area contributed by atoms with Gasteiger partial charge in [-0.3, -0.25) is 0 Å². The average molecular weight is 386 g/mol. The van der Waals surface area contributed by atoms with Crippen LogP contribution in [0.15, 0.2) is 48.5 Å². The molecule has 0 fully saturated rings. The molecule has 0 spiro atoms. The molecule has 148 valence electrons. The van der Waals surface area contributed by atoms with Gasteiger partial charge in [0.05, 0.1) is 24.0 Å². The Morgan fingerprint density at radius 3 is 2.93 bits per heavy atom. The van der Waals surface area contributed by atoms with Crippen molar-refractivity contribution in [2.75, 3.05) is 30.4 Å². The maximum Gasteiger partial charge on any atom is 0.143 e. The summed E-state index contributed by atoms with van der Waals surface area (Å²) in [5.41, 5.74) is 5.93. The second-order valence-electron chi connectivity index (χ2n) is 7.93. The molecule has 5 heteroatoms. The number of benzene rings is 2. The molecule has 2 aliphatic rings. The molecule has 0 saturated heterocycles. The Kier molecular flexibility index (Phi) is 4.58. The quantitative estimate of drug-likeness (QED) is 0.703. The molecule has 5 nitrogen and oxygen atoms in total. The van der Waals surface area contributed by atoms with Crippen LogP contribution < -0.4 is 15.0 Å². The molecule has 0 unspecified atom stereocenters. The Morgan fingerprint density at radius 2 is 2.00 bits per heavy atom. The largest absolute Gasteiger partial charge is 0.490 e. The van der Waals surface area contributed by atoms with Gasteiger partial charge in [0.15, 0.2) is 0 Å². The minimum absolute atomic E-state index is 0.294. The number of aromatic nitrogens is 2. The number of anilines is 2. The normalized spacial score (nSPS) is 17.9. The summed E-state index contributed by atoms with van der Waals surface area (Å²) >= 11 is 0. The number of rotatable bonds is 3. The molecule has 0 amide bonds. The van der Waals surface area contributed by atoms with E-state index in [1.807, 2.05) is 6.92 Å². The van der Waals surface area contributed by atoms with E-state index in [2.05, 4.69) is 75.8 Å². The van der Waals surface area contributed by atoms with Gasteiger partial charge in [-0.1, -0.05) is 30.3 Å². The highest BCUT2D eigenvalue weighted by atomic mass is 16.5. The van der Waals surface area contributed by atoms with E-state index >= 15 is 0 Å². The van der Waals surface area contributed by atoms with Crippen molar-refractivity contribution in [1.29, 1.82) is 0 Å². The zero-order valence-electron chi connectivity index (χ0n) is 17.0. The molecule has 29 heavy (non-hydrogen) atoms. The fraction of sp³-hybridized carbons (Fsp3) is 0.333. The molecule has 1 atom stereocenters. The van der Waals surface area contributed by atoms with Crippen LogP contribution in [0.3, 0.4) is 0 Å². The van der Waals surface area contributed by atoms with E-state index in [-0.39, 0.29) is 0 Å². The number of hydrogen-bond donors (Lipinski definition) is 1. The fourth-order valence-electron chi connectivity index (χ4n) is 4.39. The Labute approximate surface area is 171 Å². The van der Waals surface area contributed by atoms with E-state index in [0.717, 1.165) is 53.7 Å². The van der Waals surface area contributed by atoms with Crippen molar-refractivity contribution >= 4 is 11.5 Å². The van der Waals surface area contributed by atoms with Crippen molar-refractivity contribution < 1.29 is 4.74 Å². The van der Waals surface area contributed by atoms with Crippen LogP contribution in [0.2, 0.25) is 0 Å². The van der Waals surface area contributed by atoms with Gasteiger partial charge in [0.1, 0.15) is 24.0 Å². The first kappa shape index (κ1) is 18.0. The van der Waals surface area contributed by atoms with E-state index < -0.39 is 0 Å². The van der Waals surface area contributed by atoms with Crippen molar-refractivity contribution in [2.45, 2.75) is 32.2 Å². The molecule has 1 aromatic heterocycles. The van der Waals surface area contributed by atoms with Crippen LogP contribution >= 0.6 is 0 Å². The summed E-state index contributed by atoms with van der Waals surface area (Å²) in [6.45, 7) is 3.58. The van der Waals surface area contributed by atoms with Gasteiger partial charge in [0.25, 0.3) is 0 Å². The predicted octanol–water partition coefficient (Wildman–Crippen LogP) is 4.77. The zero-order chi connectivity index (χ0) is 19.8. The molecule has 3 aromatic rings. The monoisotopic (exact) mass is 386 g/mol. The molecule has 0 saturated carbocycles. The van der Waals surface area contributed by atoms with E-state index in [0.29, 0.717) is 12.6 Å². The molecular formula is C24H26N4O. The number of nitrogens with one attached hydrogen (secondary N) is 1. The highest BCUT2D eigenvalue weighted by Crippen LogP contribution is 2.36. The van der Waals surface area contributed by atoms with Crippen LogP contribution in [0.25, 0.3) is 11.3 Å². The fourth-order valence-corrected chi connectivity index (χ4v) is 4.39. The van der Waals surface area contributed by atoms with Crippen molar-refractivity contribution in [1.82, 2.24) is 9.97 Å². The number of likely N-dealkylation sites (N-methyl/N-ethyl adjacent to an activating group) is 1. The molecule has 1 aliphatic heterocycles. The SMILES string of the molecule is Cc1nc(N[C@@H]2CCCc3ccccc32)cc(-c2ccc3c(c2)OCCN3C)n1. The van der Waals surface area contributed by atoms with Crippen molar-refractivity contribution in [3.63, 3.8) is 0 Å². The number of hydrogen-bond acceptors (Lipinski definition) is 5. The van der Waals surface area contributed by atoms with E-state index in [9.17, 15) is 0 Å². The van der Waals surface area contributed by atoms with Gasteiger partial charge in [0, 0.05) is 18.7 Å². The van der Waals surface area contributed by atoms with Gasteiger partial charge in [-0.05, 0) is 49.4 Å². The average Bonchev–Trinajstić information content (AvgIpc) is 2.74. The molecular weight excluding hydrogens is 360 g/mol. The first-order chi connectivity index (χ1) is 14.2. The van der Waals surface area contributed by atoms with Crippen LogP contribution in [0.5, 0.6) is 5.75 Å². The van der Waals surface area contributed by atoms with Crippen LogP contribution in [0.1, 0.15) is 35.8 Å². The maximum absolute atomic E-state index is 5.88. The Balaban J connectivity index is 1.46. The number of ether oxygens (including phenoxy) is 1. The first-order valence-electron chi connectivity index (χ1n) is 10.4. The summed E-state index contributed by atoms with van der Waals surface area (Å²) in [6.07, 6.45) is 3.47. The number of fused-ring (bicyclic) bond motifs is 2. The summed E-state index contributed by atoms with van der Waals surface area (Å²) in [7, 11) is 2.10. The second-order valence-corrected chi connectivity index (χ2v) is 7.93. The summed E-state index contributed by atoms with van der Waals surface area (Å²) in [5.74, 6) is 2.57. The zero-order valence-corrected chi connectivity index (χ0v) is 17.0. The van der Waals surface area contributed by atoms with Gasteiger partial charge in [-0.25, -0.2) is 9.97 Å². The smallest absolute Gasteiger partial charge is 0.143 e. The van der Waals surface area contributed by atoms with Gasteiger partial charge < -0.3 is 15.0 Å². The van der Waals surface area contributed by atoms with E-state index in [4.69, 9.17) is 4.74 Å². The van der Waals surface area contributed by atoms with Crippen molar-refractivity contribution in [3.05, 3.63) is 65.5 Å². The standard InChI is InChI=1S/C24H26N4O/c1-16-25-21(18-10-11-22-23(14-18)29-13-12-28(22)2)15-24(26-16)27-20-9-5-7-17-6-3-4-8-19(17)20/h3-4,6,8,10-11,14-15,20H,5,7,9,12-13H2,1-2H3,(H,25,26,27)/t20-/m1/s1. The van der Waals surface area contributed by atoms with Crippen LogP contribution in [-0.2, 0) is 6.42 Å². The van der Waals surface area contributed by atoms with Crippen molar-refractivity contribution in [2.24, 2.45) is 0 Å². The molecule has 1 aliphatic carbocycles. The second kappa shape index (κ2) is 7.39. The Morgan fingerprint density at radius 1 is 1.10 bits per heavy atom. The predicted molar refractivity (Wildman–Crippen MR) is 117 cm³/mol. The minimum atomic E-state index is 0.294. The first-order valence-corrected chi connectivity index (χ1v) is 10.4. The third kappa shape index (κ3) is 3.53. The minimum Gasteiger partial charge on any atom is -0.490 e. The van der Waals surface area contributed by atoms with Gasteiger partial charge in [0.2, 0.25) is 0 Å². The third-order valence-electron chi connectivity index (χ3n) is 5.88. The lowest BCUT2D eigenvalue weighted by molar-refractivity contribution is 0.311. The molecule has 2 heterocycles. The lowest BCUT2D eigenvalue weighted by Crippen LogP contribution is -2.28. The van der Waals surface area contributed by atoms with Gasteiger partial charge >= 0.3 is 0 Å². The molecule has 1 N–H and O–H groups in total. The molecule has 2 aromatic carbocycles. The lowest BCUT2D eigenvalue weighted by Gasteiger charge is -2.28. The van der Waals surface area contributed by atoms with E-state index in [1.165, 1.54) is 17.5 Å². The summed E-state index contributed by atoms with van der Waals surface area (Å²) in [5, 5.41) is 3.67. The highest BCUT2D eigenvalue weighted by molar-refractivity contribution is 5.71. The number of nitrogens with zero attached hydrogens (tertiary/aromatic N) is 3. The Hall–Kier alpha value is -3.08. The summed E-state index contributed by atoms with van der Waals surface area (Å²) in [4.78, 5) is 11.6. The van der Waals surface area contributed by atoms with Gasteiger partial charge in [-0.2, -0.15) is 0 Å². The molecule has 0 radical (unpaired) electrons. The summed E-state index contributed by atoms with van der Waals surface area (Å²) in [6, 6.07) is 17.4. The lowest BCUT2D eigenvalue weighted by atomic mass is 9.88. The van der Waals surface area contributed by atoms with Crippen LogP contribution in [-0.4, -0.2) is 30.2 Å². The highest BCUT2D eigenvalue weighted by Gasteiger charge is 2.21.